The molecule has 9 heteroatoms. The lowest BCUT2D eigenvalue weighted by Gasteiger charge is -2.31. The van der Waals surface area contributed by atoms with Gasteiger partial charge in [-0.1, -0.05) is 30.3 Å². The lowest BCUT2D eigenvalue weighted by molar-refractivity contribution is -0.144. The van der Waals surface area contributed by atoms with Crippen LogP contribution in [0.1, 0.15) is 18.4 Å². The van der Waals surface area contributed by atoms with Crippen molar-refractivity contribution in [2.75, 3.05) is 26.8 Å². The summed E-state index contributed by atoms with van der Waals surface area (Å²) >= 11 is 0. The minimum atomic E-state index is -3.55. The number of piperidine rings is 1. The van der Waals surface area contributed by atoms with Crippen LogP contribution in [0, 0.1) is 5.92 Å². The first-order chi connectivity index (χ1) is 12.3. The Morgan fingerprint density at radius 3 is 2.65 bits per heavy atom. The fourth-order valence-electron chi connectivity index (χ4n) is 2.92. The van der Waals surface area contributed by atoms with Crippen molar-refractivity contribution in [3.05, 3.63) is 35.9 Å². The quantitative estimate of drug-likeness (QED) is 0.673. The summed E-state index contributed by atoms with van der Waals surface area (Å²) in [6, 6.07) is 7.71. The summed E-state index contributed by atoms with van der Waals surface area (Å²) in [7, 11) is -2.20. The van der Waals surface area contributed by atoms with E-state index in [2.05, 4.69) is 5.32 Å². The molecule has 0 spiro atoms. The fraction of sp³-hybridized carbons (Fsp3) is 0.529. The zero-order chi connectivity index (χ0) is 19.2. The van der Waals surface area contributed by atoms with Gasteiger partial charge in [0.1, 0.15) is 0 Å². The van der Waals surface area contributed by atoms with Crippen molar-refractivity contribution in [2.24, 2.45) is 5.92 Å². The second-order valence-electron chi connectivity index (χ2n) is 6.29. The number of hydrogen-bond acceptors (Lipinski definition) is 5. The summed E-state index contributed by atoms with van der Waals surface area (Å²) in [5.74, 6) is -2.35. The van der Waals surface area contributed by atoms with E-state index in [0.29, 0.717) is 24.9 Å². The molecule has 26 heavy (non-hydrogen) atoms. The topological polar surface area (TPSA) is 113 Å². The lowest BCUT2D eigenvalue weighted by atomic mass is 9.98. The molecule has 1 fully saturated rings. The van der Waals surface area contributed by atoms with Gasteiger partial charge in [0.2, 0.25) is 15.9 Å². The first kappa shape index (κ1) is 20.3. The standard InChI is InChI=1S/C17H24N2O6S/c1-25-11-15(17(21)22)18-16(20)14-8-5-9-19(10-14)26(23,24)12-13-6-3-2-4-7-13/h2-4,6-7,14-15H,5,8-12H2,1H3,(H,18,20)(H,21,22). The molecule has 1 heterocycles. The SMILES string of the molecule is COCC(NC(=O)C1CCCN(S(=O)(=O)Cc2ccccc2)C1)C(=O)O. The molecule has 1 aromatic carbocycles. The van der Waals surface area contributed by atoms with E-state index in [1.165, 1.54) is 11.4 Å². The molecule has 0 aromatic heterocycles. The second-order valence-corrected chi connectivity index (χ2v) is 8.26. The number of nitrogens with one attached hydrogen (secondary N) is 1. The van der Waals surface area contributed by atoms with Crippen molar-refractivity contribution in [2.45, 2.75) is 24.6 Å². The Hall–Kier alpha value is -1.97. The monoisotopic (exact) mass is 384 g/mol. The number of sulfonamides is 1. The third-order valence-electron chi connectivity index (χ3n) is 4.29. The molecule has 2 unspecified atom stereocenters. The summed E-state index contributed by atoms with van der Waals surface area (Å²) in [4.78, 5) is 23.5. The molecule has 8 nitrogen and oxygen atoms in total. The van der Waals surface area contributed by atoms with Gasteiger partial charge in [-0.15, -0.1) is 0 Å². The van der Waals surface area contributed by atoms with Gasteiger partial charge in [-0.05, 0) is 18.4 Å². The Balaban J connectivity index is 2.01. The average molecular weight is 384 g/mol. The molecule has 1 saturated heterocycles. The molecule has 2 rings (SSSR count). The number of ether oxygens (including phenoxy) is 1. The Labute approximate surface area is 153 Å². The van der Waals surface area contributed by atoms with Crippen LogP contribution in [0.3, 0.4) is 0 Å². The van der Waals surface area contributed by atoms with Crippen molar-refractivity contribution in [3.8, 4) is 0 Å². The minimum Gasteiger partial charge on any atom is -0.480 e. The number of benzene rings is 1. The maximum absolute atomic E-state index is 12.6. The smallest absolute Gasteiger partial charge is 0.328 e. The van der Waals surface area contributed by atoms with Crippen LogP contribution < -0.4 is 5.32 Å². The number of methoxy groups -OCH3 is 1. The maximum atomic E-state index is 12.6. The van der Waals surface area contributed by atoms with Crippen LogP contribution in [-0.2, 0) is 30.1 Å². The molecule has 2 atom stereocenters. The number of carbonyl (C=O) groups excluding carboxylic acids is 1. The van der Waals surface area contributed by atoms with Crippen molar-refractivity contribution >= 4 is 21.9 Å². The van der Waals surface area contributed by atoms with Gasteiger partial charge in [0, 0.05) is 20.2 Å². The van der Waals surface area contributed by atoms with Gasteiger partial charge in [0.25, 0.3) is 0 Å². The highest BCUT2D eigenvalue weighted by molar-refractivity contribution is 7.88. The van der Waals surface area contributed by atoms with E-state index in [1.807, 2.05) is 6.07 Å². The summed E-state index contributed by atoms with van der Waals surface area (Å²) in [6.07, 6.45) is 1.07. The molecule has 1 aromatic rings. The summed E-state index contributed by atoms with van der Waals surface area (Å²) < 4.78 is 31.4. The molecule has 144 valence electrons. The Morgan fingerprint density at radius 1 is 1.35 bits per heavy atom. The van der Waals surface area contributed by atoms with Crippen LogP contribution in [0.25, 0.3) is 0 Å². The van der Waals surface area contributed by atoms with E-state index in [1.54, 1.807) is 24.3 Å². The van der Waals surface area contributed by atoms with Crippen LogP contribution in [-0.4, -0.2) is 62.6 Å². The number of rotatable bonds is 8. The van der Waals surface area contributed by atoms with E-state index >= 15 is 0 Å². The summed E-state index contributed by atoms with van der Waals surface area (Å²) in [5, 5.41) is 11.5. The molecule has 2 N–H and O–H groups in total. The van der Waals surface area contributed by atoms with Gasteiger partial charge in [0.05, 0.1) is 18.3 Å². The van der Waals surface area contributed by atoms with Crippen LogP contribution >= 0.6 is 0 Å². The van der Waals surface area contributed by atoms with Crippen LogP contribution in [0.4, 0.5) is 0 Å². The molecule has 1 aliphatic rings. The highest BCUT2D eigenvalue weighted by Gasteiger charge is 2.33. The van der Waals surface area contributed by atoms with Crippen molar-refractivity contribution in [3.63, 3.8) is 0 Å². The molecular weight excluding hydrogens is 360 g/mol. The Bertz CT molecular complexity index is 722. The number of hydrogen-bond donors (Lipinski definition) is 2. The Kier molecular flexibility index (Phi) is 7.13. The normalized spacial score (nSPS) is 19.7. The molecule has 0 saturated carbocycles. The third kappa shape index (κ3) is 5.52. The lowest BCUT2D eigenvalue weighted by Crippen LogP contribution is -2.50. The summed E-state index contributed by atoms with van der Waals surface area (Å²) in [6.45, 7) is 0.267. The van der Waals surface area contributed by atoms with Gasteiger partial charge in [-0.25, -0.2) is 17.5 Å². The first-order valence-electron chi connectivity index (χ1n) is 8.37. The van der Waals surface area contributed by atoms with Crippen molar-refractivity contribution in [1.82, 2.24) is 9.62 Å². The number of aliphatic carboxylic acids is 1. The molecule has 1 aliphatic heterocycles. The number of carbonyl (C=O) groups is 2. The third-order valence-corrected chi connectivity index (χ3v) is 6.10. The molecule has 0 bridgehead atoms. The summed E-state index contributed by atoms with van der Waals surface area (Å²) in [5.41, 5.74) is 0.685. The van der Waals surface area contributed by atoms with Gasteiger partial charge in [0.15, 0.2) is 6.04 Å². The van der Waals surface area contributed by atoms with Crippen molar-refractivity contribution < 1.29 is 27.9 Å². The number of carboxylic acids is 1. The highest BCUT2D eigenvalue weighted by atomic mass is 32.2. The van der Waals surface area contributed by atoms with E-state index in [9.17, 15) is 18.0 Å². The Morgan fingerprint density at radius 2 is 2.04 bits per heavy atom. The molecular formula is C17H24N2O6S. The number of nitrogens with zero attached hydrogens (tertiary/aromatic N) is 1. The van der Waals surface area contributed by atoms with Crippen LogP contribution in [0.15, 0.2) is 30.3 Å². The van der Waals surface area contributed by atoms with Crippen LogP contribution in [0.5, 0.6) is 0 Å². The van der Waals surface area contributed by atoms with Gasteiger partial charge in [-0.2, -0.15) is 0 Å². The van der Waals surface area contributed by atoms with E-state index in [-0.39, 0.29) is 18.9 Å². The number of carboxylic acid groups (broad SMARTS) is 1. The maximum Gasteiger partial charge on any atom is 0.328 e. The highest BCUT2D eigenvalue weighted by Crippen LogP contribution is 2.21. The van der Waals surface area contributed by atoms with Crippen LogP contribution in [0.2, 0.25) is 0 Å². The van der Waals surface area contributed by atoms with Gasteiger partial charge in [-0.3, -0.25) is 4.79 Å². The largest absolute Gasteiger partial charge is 0.480 e. The second kappa shape index (κ2) is 9.11. The fourth-order valence-corrected chi connectivity index (χ4v) is 4.53. The zero-order valence-electron chi connectivity index (χ0n) is 14.6. The zero-order valence-corrected chi connectivity index (χ0v) is 15.4. The van der Waals surface area contributed by atoms with Gasteiger partial charge < -0.3 is 15.2 Å². The predicted molar refractivity (Wildman–Crippen MR) is 94.8 cm³/mol. The van der Waals surface area contributed by atoms with Gasteiger partial charge >= 0.3 is 5.97 Å². The first-order valence-corrected chi connectivity index (χ1v) is 9.98. The molecule has 1 amide bonds. The molecule has 0 radical (unpaired) electrons. The van der Waals surface area contributed by atoms with E-state index in [0.717, 1.165) is 0 Å². The van der Waals surface area contributed by atoms with E-state index < -0.39 is 33.9 Å². The van der Waals surface area contributed by atoms with Crippen molar-refractivity contribution in [1.29, 1.82) is 0 Å². The predicted octanol–water partition coefficient (Wildman–Crippen LogP) is 0.444. The average Bonchev–Trinajstić information content (AvgIpc) is 2.61. The molecule has 0 aliphatic carbocycles. The minimum absolute atomic E-state index is 0.0559. The van der Waals surface area contributed by atoms with E-state index in [4.69, 9.17) is 9.84 Å². The number of amides is 1.